The van der Waals surface area contributed by atoms with Crippen LogP contribution in [0.25, 0.3) is 6.08 Å². The Morgan fingerprint density at radius 2 is 1.50 bits per heavy atom. The normalized spacial score (nSPS) is 10.6. The van der Waals surface area contributed by atoms with E-state index in [1.54, 1.807) is 30.3 Å². The Morgan fingerprint density at radius 1 is 0.786 bits per heavy atom. The van der Waals surface area contributed by atoms with Gasteiger partial charge in [-0.2, -0.15) is 0 Å². The quantitative estimate of drug-likeness (QED) is 0.606. The summed E-state index contributed by atoms with van der Waals surface area (Å²) in [6.07, 6.45) is 3.18. The standard InChI is InChI=1S/C24H22N2O2/c1-17-12-14-20(16-18(17)2)25-24(28)21-10-6-7-11-22(21)26-23(27)15-13-19-8-4-3-5-9-19/h3-16H,1-2H3,(H,25,28)(H,26,27)/b15-13+. The van der Waals surface area contributed by atoms with Crippen LogP contribution in [0.4, 0.5) is 11.4 Å². The Hall–Kier alpha value is -3.66. The largest absolute Gasteiger partial charge is 0.322 e. The molecule has 0 spiro atoms. The van der Waals surface area contributed by atoms with Gasteiger partial charge in [0, 0.05) is 11.8 Å². The van der Waals surface area contributed by atoms with E-state index in [9.17, 15) is 9.59 Å². The molecular formula is C24H22N2O2. The highest BCUT2D eigenvalue weighted by Crippen LogP contribution is 2.19. The van der Waals surface area contributed by atoms with E-state index in [1.165, 1.54) is 6.08 Å². The van der Waals surface area contributed by atoms with Crippen molar-refractivity contribution in [2.45, 2.75) is 13.8 Å². The van der Waals surface area contributed by atoms with Crippen LogP contribution in [0.1, 0.15) is 27.0 Å². The van der Waals surface area contributed by atoms with Gasteiger partial charge in [-0.1, -0.05) is 48.5 Å². The summed E-state index contributed by atoms with van der Waals surface area (Å²) in [6, 6.07) is 22.3. The molecular weight excluding hydrogens is 348 g/mol. The van der Waals surface area contributed by atoms with Gasteiger partial charge in [0.05, 0.1) is 11.3 Å². The van der Waals surface area contributed by atoms with Gasteiger partial charge in [-0.05, 0) is 60.9 Å². The smallest absolute Gasteiger partial charge is 0.257 e. The highest BCUT2D eigenvalue weighted by Gasteiger charge is 2.12. The fraction of sp³-hybridized carbons (Fsp3) is 0.0833. The third-order valence-corrected chi connectivity index (χ3v) is 4.42. The summed E-state index contributed by atoms with van der Waals surface area (Å²) in [4.78, 5) is 25.0. The summed E-state index contributed by atoms with van der Waals surface area (Å²) in [6.45, 7) is 4.02. The van der Waals surface area contributed by atoms with E-state index < -0.39 is 0 Å². The first-order valence-corrected chi connectivity index (χ1v) is 9.04. The van der Waals surface area contributed by atoms with Gasteiger partial charge in [0.25, 0.3) is 5.91 Å². The first kappa shape index (κ1) is 19.1. The number of hydrogen-bond acceptors (Lipinski definition) is 2. The van der Waals surface area contributed by atoms with Gasteiger partial charge in [-0.3, -0.25) is 9.59 Å². The van der Waals surface area contributed by atoms with E-state index in [2.05, 4.69) is 10.6 Å². The molecule has 0 atom stereocenters. The van der Waals surface area contributed by atoms with Crippen molar-refractivity contribution in [2.24, 2.45) is 0 Å². The van der Waals surface area contributed by atoms with Crippen molar-refractivity contribution in [1.29, 1.82) is 0 Å². The van der Waals surface area contributed by atoms with Crippen LogP contribution < -0.4 is 10.6 Å². The minimum absolute atomic E-state index is 0.272. The Labute approximate surface area is 164 Å². The number of hydrogen-bond donors (Lipinski definition) is 2. The Bertz CT molecular complexity index is 1020. The summed E-state index contributed by atoms with van der Waals surface area (Å²) in [5.41, 5.74) is 4.78. The number of anilines is 2. The number of carbonyl (C=O) groups excluding carboxylic acids is 2. The zero-order valence-corrected chi connectivity index (χ0v) is 15.9. The number of amides is 2. The molecule has 28 heavy (non-hydrogen) atoms. The first-order valence-electron chi connectivity index (χ1n) is 9.04. The molecule has 2 N–H and O–H groups in total. The second-order valence-corrected chi connectivity index (χ2v) is 6.53. The fourth-order valence-electron chi connectivity index (χ4n) is 2.72. The molecule has 0 unspecified atom stereocenters. The number of benzene rings is 3. The van der Waals surface area contributed by atoms with Crippen LogP contribution in [0.3, 0.4) is 0 Å². The Morgan fingerprint density at radius 3 is 2.25 bits per heavy atom. The minimum Gasteiger partial charge on any atom is -0.322 e. The van der Waals surface area contributed by atoms with Crippen molar-refractivity contribution < 1.29 is 9.59 Å². The molecule has 0 aliphatic rings. The number of rotatable bonds is 5. The SMILES string of the molecule is Cc1ccc(NC(=O)c2ccccc2NC(=O)/C=C/c2ccccc2)cc1C. The molecule has 0 aliphatic carbocycles. The summed E-state index contributed by atoms with van der Waals surface area (Å²) in [5, 5.41) is 5.67. The molecule has 2 amide bonds. The predicted octanol–water partition coefficient (Wildman–Crippen LogP) is 5.21. The van der Waals surface area contributed by atoms with Crippen molar-refractivity contribution in [2.75, 3.05) is 10.6 Å². The van der Waals surface area contributed by atoms with E-state index in [0.717, 1.165) is 22.4 Å². The van der Waals surface area contributed by atoms with Crippen molar-refractivity contribution in [3.05, 3.63) is 101 Å². The van der Waals surface area contributed by atoms with E-state index in [4.69, 9.17) is 0 Å². The summed E-state index contributed by atoms with van der Waals surface area (Å²) < 4.78 is 0. The van der Waals surface area contributed by atoms with Crippen LogP contribution >= 0.6 is 0 Å². The van der Waals surface area contributed by atoms with Crippen molar-refractivity contribution in [1.82, 2.24) is 0 Å². The third kappa shape index (κ3) is 4.95. The summed E-state index contributed by atoms with van der Waals surface area (Å²) >= 11 is 0. The van der Waals surface area contributed by atoms with Gasteiger partial charge in [0.2, 0.25) is 5.91 Å². The lowest BCUT2D eigenvalue weighted by Gasteiger charge is -2.11. The first-order chi connectivity index (χ1) is 13.5. The maximum Gasteiger partial charge on any atom is 0.257 e. The maximum absolute atomic E-state index is 12.7. The average molecular weight is 370 g/mol. The fourth-order valence-corrected chi connectivity index (χ4v) is 2.72. The average Bonchev–Trinajstić information content (AvgIpc) is 2.70. The van der Waals surface area contributed by atoms with Gasteiger partial charge >= 0.3 is 0 Å². The molecule has 0 fully saturated rings. The minimum atomic E-state index is -0.296. The monoisotopic (exact) mass is 370 g/mol. The van der Waals surface area contributed by atoms with Crippen molar-refractivity contribution in [3.63, 3.8) is 0 Å². The molecule has 3 aromatic carbocycles. The topological polar surface area (TPSA) is 58.2 Å². The van der Waals surface area contributed by atoms with Crippen molar-refractivity contribution >= 4 is 29.3 Å². The molecule has 0 aromatic heterocycles. The number of para-hydroxylation sites is 1. The molecule has 3 aromatic rings. The Balaban J connectivity index is 1.73. The molecule has 0 heterocycles. The van der Waals surface area contributed by atoms with Crippen LogP contribution in [-0.2, 0) is 4.79 Å². The maximum atomic E-state index is 12.7. The van der Waals surface area contributed by atoms with E-state index in [0.29, 0.717) is 11.3 Å². The molecule has 0 aliphatic heterocycles. The van der Waals surface area contributed by atoms with Gasteiger partial charge < -0.3 is 10.6 Å². The lowest BCUT2D eigenvalue weighted by molar-refractivity contribution is -0.111. The lowest BCUT2D eigenvalue weighted by atomic mass is 10.1. The predicted molar refractivity (Wildman–Crippen MR) is 114 cm³/mol. The van der Waals surface area contributed by atoms with E-state index >= 15 is 0 Å². The summed E-state index contributed by atoms with van der Waals surface area (Å²) in [5.74, 6) is -0.568. The molecule has 0 radical (unpaired) electrons. The molecule has 0 bridgehead atoms. The second kappa shape index (κ2) is 8.82. The number of carbonyl (C=O) groups is 2. The van der Waals surface area contributed by atoms with Crippen LogP contribution in [0.15, 0.2) is 78.9 Å². The molecule has 4 heteroatoms. The Kier molecular flexibility index (Phi) is 6.02. The second-order valence-electron chi connectivity index (χ2n) is 6.53. The molecule has 0 saturated heterocycles. The number of nitrogens with one attached hydrogen (secondary N) is 2. The van der Waals surface area contributed by atoms with Gasteiger partial charge in [-0.15, -0.1) is 0 Å². The van der Waals surface area contributed by atoms with Gasteiger partial charge in [0.15, 0.2) is 0 Å². The highest BCUT2D eigenvalue weighted by molar-refractivity contribution is 6.11. The molecule has 0 saturated carbocycles. The van der Waals surface area contributed by atoms with Crippen LogP contribution in [0.2, 0.25) is 0 Å². The molecule has 4 nitrogen and oxygen atoms in total. The van der Waals surface area contributed by atoms with Crippen molar-refractivity contribution in [3.8, 4) is 0 Å². The zero-order chi connectivity index (χ0) is 19.9. The lowest BCUT2D eigenvalue weighted by Crippen LogP contribution is -2.17. The van der Waals surface area contributed by atoms with E-state index in [-0.39, 0.29) is 11.8 Å². The van der Waals surface area contributed by atoms with Gasteiger partial charge in [-0.25, -0.2) is 0 Å². The molecule has 3 rings (SSSR count). The highest BCUT2D eigenvalue weighted by atomic mass is 16.2. The third-order valence-electron chi connectivity index (χ3n) is 4.42. The summed E-state index contributed by atoms with van der Waals surface area (Å²) in [7, 11) is 0. The van der Waals surface area contributed by atoms with E-state index in [1.807, 2.05) is 62.4 Å². The zero-order valence-electron chi connectivity index (χ0n) is 15.9. The van der Waals surface area contributed by atoms with Gasteiger partial charge in [0.1, 0.15) is 0 Å². The number of aryl methyl sites for hydroxylation is 2. The molecule has 140 valence electrons. The van der Waals surface area contributed by atoms with Crippen LogP contribution in [0.5, 0.6) is 0 Å². The van der Waals surface area contributed by atoms with Crippen LogP contribution in [-0.4, -0.2) is 11.8 Å². The van der Waals surface area contributed by atoms with Crippen LogP contribution in [0, 0.1) is 13.8 Å².